The first-order chi connectivity index (χ1) is 9.49. The topological polar surface area (TPSA) is 43.4 Å². The Morgan fingerprint density at radius 3 is 2.65 bits per heavy atom. The van der Waals surface area contributed by atoms with E-state index in [1.807, 2.05) is 6.07 Å². The van der Waals surface area contributed by atoms with Gasteiger partial charge in [0.1, 0.15) is 6.61 Å². The van der Waals surface area contributed by atoms with Gasteiger partial charge in [-0.3, -0.25) is 0 Å². The van der Waals surface area contributed by atoms with E-state index in [1.54, 1.807) is 6.20 Å². The third-order valence-electron chi connectivity index (χ3n) is 2.51. The standard InChI is InChI=1S/C15H25BrN2O2/c1-11(2)10-19-5-6-20-15-13(8-17-12(3)4)7-14(16)9-18-15/h7,9,11-12,17H,5-6,8,10H2,1-4H3. The van der Waals surface area contributed by atoms with Crippen LogP contribution < -0.4 is 10.1 Å². The van der Waals surface area contributed by atoms with E-state index in [2.05, 4.69) is 53.9 Å². The molecule has 0 aliphatic rings. The van der Waals surface area contributed by atoms with E-state index in [0.717, 1.165) is 23.2 Å². The van der Waals surface area contributed by atoms with Gasteiger partial charge in [-0.2, -0.15) is 0 Å². The maximum atomic E-state index is 5.71. The van der Waals surface area contributed by atoms with Crippen LogP contribution in [0.4, 0.5) is 0 Å². The van der Waals surface area contributed by atoms with Crippen LogP contribution in [0.1, 0.15) is 33.3 Å². The molecule has 0 unspecified atom stereocenters. The van der Waals surface area contributed by atoms with Gasteiger partial charge in [0.2, 0.25) is 5.88 Å². The van der Waals surface area contributed by atoms with Gasteiger partial charge in [0.15, 0.2) is 0 Å². The van der Waals surface area contributed by atoms with Gasteiger partial charge in [-0.15, -0.1) is 0 Å². The molecule has 0 saturated heterocycles. The molecule has 0 aliphatic heterocycles. The zero-order valence-electron chi connectivity index (χ0n) is 12.8. The predicted octanol–water partition coefficient (Wildman–Crippen LogP) is 3.39. The molecule has 0 aromatic carbocycles. The van der Waals surface area contributed by atoms with Crippen molar-refractivity contribution in [3.63, 3.8) is 0 Å². The first kappa shape index (κ1) is 17.4. The van der Waals surface area contributed by atoms with Crippen molar-refractivity contribution in [2.45, 2.75) is 40.3 Å². The van der Waals surface area contributed by atoms with Crippen LogP contribution >= 0.6 is 15.9 Å². The second kappa shape index (κ2) is 9.32. The zero-order valence-corrected chi connectivity index (χ0v) is 14.4. The molecule has 20 heavy (non-hydrogen) atoms. The number of hydrogen-bond acceptors (Lipinski definition) is 4. The van der Waals surface area contributed by atoms with E-state index in [4.69, 9.17) is 9.47 Å². The number of nitrogens with zero attached hydrogens (tertiary/aromatic N) is 1. The van der Waals surface area contributed by atoms with Crippen LogP contribution in [0.5, 0.6) is 5.88 Å². The summed E-state index contributed by atoms with van der Waals surface area (Å²) in [6.45, 7) is 11.1. The molecule has 0 amide bonds. The highest BCUT2D eigenvalue weighted by Crippen LogP contribution is 2.20. The molecule has 0 radical (unpaired) electrons. The Morgan fingerprint density at radius 1 is 1.25 bits per heavy atom. The smallest absolute Gasteiger partial charge is 0.217 e. The second-order valence-corrected chi connectivity index (χ2v) is 6.39. The molecule has 114 valence electrons. The first-order valence-electron chi connectivity index (χ1n) is 7.07. The number of pyridine rings is 1. The molecule has 0 bridgehead atoms. The molecule has 1 aromatic heterocycles. The minimum atomic E-state index is 0.427. The lowest BCUT2D eigenvalue weighted by Gasteiger charge is -2.13. The van der Waals surface area contributed by atoms with E-state index in [0.29, 0.717) is 31.1 Å². The van der Waals surface area contributed by atoms with E-state index < -0.39 is 0 Å². The Kier molecular flexibility index (Phi) is 8.11. The number of aromatic nitrogens is 1. The summed E-state index contributed by atoms with van der Waals surface area (Å²) >= 11 is 3.44. The molecule has 4 nitrogen and oxygen atoms in total. The summed E-state index contributed by atoms with van der Waals surface area (Å²) in [6, 6.07) is 2.46. The van der Waals surface area contributed by atoms with Crippen LogP contribution in [0.3, 0.4) is 0 Å². The lowest BCUT2D eigenvalue weighted by atomic mass is 10.2. The van der Waals surface area contributed by atoms with Gasteiger partial charge in [-0.25, -0.2) is 4.98 Å². The number of halogens is 1. The molecule has 0 atom stereocenters. The van der Waals surface area contributed by atoms with Crippen molar-refractivity contribution in [2.75, 3.05) is 19.8 Å². The SMILES string of the molecule is CC(C)COCCOc1ncc(Br)cc1CNC(C)C. The van der Waals surface area contributed by atoms with Crippen molar-refractivity contribution in [3.8, 4) is 5.88 Å². The third kappa shape index (κ3) is 7.22. The van der Waals surface area contributed by atoms with Crippen LogP contribution in [0.25, 0.3) is 0 Å². The molecule has 0 aliphatic carbocycles. The van der Waals surface area contributed by atoms with Gasteiger partial charge in [-0.1, -0.05) is 27.7 Å². The Morgan fingerprint density at radius 2 is 2.00 bits per heavy atom. The van der Waals surface area contributed by atoms with Crippen LogP contribution in [0, 0.1) is 5.92 Å². The van der Waals surface area contributed by atoms with Gasteiger partial charge < -0.3 is 14.8 Å². The normalized spacial score (nSPS) is 11.3. The number of nitrogens with one attached hydrogen (secondary N) is 1. The number of rotatable bonds is 9. The molecule has 1 heterocycles. The summed E-state index contributed by atoms with van der Waals surface area (Å²) < 4.78 is 12.2. The highest BCUT2D eigenvalue weighted by molar-refractivity contribution is 9.10. The maximum Gasteiger partial charge on any atom is 0.217 e. The molecule has 0 spiro atoms. The molecular formula is C15H25BrN2O2. The van der Waals surface area contributed by atoms with Gasteiger partial charge >= 0.3 is 0 Å². The average molecular weight is 345 g/mol. The summed E-state index contributed by atoms with van der Waals surface area (Å²) in [5, 5.41) is 3.37. The van der Waals surface area contributed by atoms with Crippen molar-refractivity contribution < 1.29 is 9.47 Å². The summed E-state index contributed by atoms with van der Waals surface area (Å²) in [7, 11) is 0. The summed E-state index contributed by atoms with van der Waals surface area (Å²) in [5.74, 6) is 1.22. The van der Waals surface area contributed by atoms with E-state index >= 15 is 0 Å². The van der Waals surface area contributed by atoms with Crippen molar-refractivity contribution in [3.05, 3.63) is 22.3 Å². The molecule has 1 aromatic rings. The molecule has 5 heteroatoms. The molecule has 1 N–H and O–H groups in total. The Balaban J connectivity index is 2.47. The summed E-state index contributed by atoms with van der Waals surface area (Å²) in [6.07, 6.45) is 1.75. The van der Waals surface area contributed by atoms with Crippen LogP contribution in [-0.4, -0.2) is 30.8 Å². The predicted molar refractivity (Wildman–Crippen MR) is 85.1 cm³/mol. The van der Waals surface area contributed by atoms with Gasteiger partial charge in [-0.05, 0) is 27.9 Å². The van der Waals surface area contributed by atoms with Crippen molar-refractivity contribution >= 4 is 15.9 Å². The monoisotopic (exact) mass is 344 g/mol. The highest BCUT2D eigenvalue weighted by Gasteiger charge is 2.07. The number of ether oxygens (including phenoxy) is 2. The fraction of sp³-hybridized carbons (Fsp3) is 0.667. The molecular weight excluding hydrogens is 320 g/mol. The van der Waals surface area contributed by atoms with Crippen molar-refractivity contribution in [2.24, 2.45) is 5.92 Å². The fourth-order valence-electron chi connectivity index (χ4n) is 1.56. The molecule has 1 rings (SSSR count). The van der Waals surface area contributed by atoms with Crippen LogP contribution in [-0.2, 0) is 11.3 Å². The van der Waals surface area contributed by atoms with E-state index in [9.17, 15) is 0 Å². The van der Waals surface area contributed by atoms with Crippen LogP contribution in [0.2, 0.25) is 0 Å². The summed E-state index contributed by atoms with van der Waals surface area (Å²) in [5.41, 5.74) is 1.05. The van der Waals surface area contributed by atoms with E-state index in [-0.39, 0.29) is 0 Å². The summed E-state index contributed by atoms with van der Waals surface area (Å²) in [4.78, 5) is 4.32. The Hall–Kier alpha value is -0.650. The highest BCUT2D eigenvalue weighted by atomic mass is 79.9. The van der Waals surface area contributed by atoms with Gasteiger partial charge in [0.25, 0.3) is 0 Å². The molecule has 0 saturated carbocycles. The van der Waals surface area contributed by atoms with E-state index in [1.165, 1.54) is 0 Å². The third-order valence-corrected chi connectivity index (χ3v) is 2.94. The quantitative estimate of drug-likeness (QED) is 0.697. The van der Waals surface area contributed by atoms with Gasteiger partial charge in [0, 0.05) is 35.4 Å². The minimum absolute atomic E-state index is 0.427. The molecule has 0 fully saturated rings. The Labute approximate surface area is 130 Å². The lowest BCUT2D eigenvalue weighted by molar-refractivity contribution is 0.0802. The fourth-order valence-corrected chi connectivity index (χ4v) is 1.93. The maximum absolute atomic E-state index is 5.71. The second-order valence-electron chi connectivity index (χ2n) is 5.47. The lowest BCUT2D eigenvalue weighted by Crippen LogP contribution is -2.22. The van der Waals surface area contributed by atoms with Crippen molar-refractivity contribution in [1.29, 1.82) is 0 Å². The van der Waals surface area contributed by atoms with Crippen LogP contribution in [0.15, 0.2) is 16.7 Å². The Bertz CT molecular complexity index is 397. The first-order valence-corrected chi connectivity index (χ1v) is 7.86. The largest absolute Gasteiger partial charge is 0.475 e. The van der Waals surface area contributed by atoms with Gasteiger partial charge in [0.05, 0.1) is 6.61 Å². The number of hydrogen-bond donors (Lipinski definition) is 1. The van der Waals surface area contributed by atoms with Crippen molar-refractivity contribution in [1.82, 2.24) is 10.3 Å². The minimum Gasteiger partial charge on any atom is -0.475 e. The zero-order chi connectivity index (χ0) is 15.0. The average Bonchev–Trinajstić information content (AvgIpc) is 2.37.